The lowest BCUT2D eigenvalue weighted by atomic mass is 10.1. The smallest absolute Gasteiger partial charge is 0.123 e. The molecular formula is C13H20ClFN2. The van der Waals surface area contributed by atoms with Crippen molar-refractivity contribution in [3.8, 4) is 0 Å². The van der Waals surface area contributed by atoms with Crippen molar-refractivity contribution in [1.82, 2.24) is 4.90 Å². The Morgan fingerprint density at radius 3 is 2.82 bits per heavy atom. The molecule has 4 heteroatoms. The van der Waals surface area contributed by atoms with Gasteiger partial charge in [-0.1, -0.05) is 6.07 Å². The van der Waals surface area contributed by atoms with Crippen molar-refractivity contribution in [2.75, 3.05) is 19.6 Å². The molecular weight excluding hydrogens is 239 g/mol. The molecule has 1 saturated heterocycles. The maximum Gasteiger partial charge on any atom is 0.123 e. The summed E-state index contributed by atoms with van der Waals surface area (Å²) in [6.45, 7) is 5.85. The van der Waals surface area contributed by atoms with Gasteiger partial charge in [-0.15, -0.1) is 12.4 Å². The van der Waals surface area contributed by atoms with E-state index in [0.29, 0.717) is 5.92 Å². The Bertz CT molecular complexity index is 370. The third kappa shape index (κ3) is 3.66. The Labute approximate surface area is 108 Å². The van der Waals surface area contributed by atoms with Crippen LogP contribution in [-0.4, -0.2) is 24.5 Å². The molecule has 1 atom stereocenters. The van der Waals surface area contributed by atoms with E-state index < -0.39 is 0 Å². The fourth-order valence-corrected chi connectivity index (χ4v) is 2.33. The SMILES string of the molecule is Cc1cc(F)ccc1CN1CCC(CN)C1.Cl. The highest BCUT2D eigenvalue weighted by Crippen LogP contribution is 2.19. The van der Waals surface area contributed by atoms with Crippen molar-refractivity contribution in [3.05, 3.63) is 35.1 Å². The molecule has 0 amide bonds. The Hall–Kier alpha value is -0.640. The molecule has 1 aliphatic rings. The molecule has 2 nitrogen and oxygen atoms in total. The summed E-state index contributed by atoms with van der Waals surface area (Å²) in [5.74, 6) is 0.489. The van der Waals surface area contributed by atoms with E-state index in [0.717, 1.165) is 31.7 Å². The Morgan fingerprint density at radius 2 is 2.24 bits per heavy atom. The number of aryl methyl sites for hydroxylation is 1. The van der Waals surface area contributed by atoms with E-state index in [1.165, 1.54) is 12.0 Å². The van der Waals surface area contributed by atoms with Crippen LogP contribution in [0.5, 0.6) is 0 Å². The van der Waals surface area contributed by atoms with Gasteiger partial charge in [0.05, 0.1) is 0 Å². The number of benzene rings is 1. The van der Waals surface area contributed by atoms with Gasteiger partial charge >= 0.3 is 0 Å². The maximum absolute atomic E-state index is 12.9. The number of nitrogens with two attached hydrogens (primary N) is 1. The first-order valence-electron chi connectivity index (χ1n) is 5.86. The van der Waals surface area contributed by atoms with E-state index in [4.69, 9.17) is 5.73 Å². The molecule has 0 spiro atoms. The zero-order chi connectivity index (χ0) is 11.5. The minimum Gasteiger partial charge on any atom is -0.330 e. The monoisotopic (exact) mass is 258 g/mol. The van der Waals surface area contributed by atoms with Crippen LogP contribution in [0.3, 0.4) is 0 Å². The largest absolute Gasteiger partial charge is 0.330 e. The van der Waals surface area contributed by atoms with Gasteiger partial charge in [0.2, 0.25) is 0 Å². The van der Waals surface area contributed by atoms with Crippen molar-refractivity contribution in [1.29, 1.82) is 0 Å². The lowest BCUT2D eigenvalue weighted by molar-refractivity contribution is 0.317. The van der Waals surface area contributed by atoms with Crippen molar-refractivity contribution >= 4 is 12.4 Å². The van der Waals surface area contributed by atoms with Crippen LogP contribution >= 0.6 is 12.4 Å². The average molecular weight is 259 g/mol. The summed E-state index contributed by atoms with van der Waals surface area (Å²) in [4.78, 5) is 2.40. The molecule has 1 unspecified atom stereocenters. The Kier molecular flexibility index (Phi) is 5.37. The van der Waals surface area contributed by atoms with Crippen LogP contribution in [0.2, 0.25) is 0 Å². The fraction of sp³-hybridized carbons (Fsp3) is 0.538. The van der Waals surface area contributed by atoms with Gasteiger partial charge in [-0.2, -0.15) is 0 Å². The van der Waals surface area contributed by atoms with Crippen LogP contribution in [-0.2, 0) is 6.54 Å². The van der Waals surface area contributed by atoms with Gasteiger partial charge in [0.25, 0.3) is 0 Å². The predicted octanol–water partition coefficient (Wildman–Crippen LogP) is 2.34. The zero-order valence-corrected chi connectivity index (χ0v) is 11.0. The first kappa shape index (κ1) is 14.4. The van der Waals surface area contributed by atoms with Gasteiger partial charge in [0.15, 0.2) is 0 Å². The van der Waals surface area contributed by atoms with E-state index in [1.807, 2.05) is 13.0 Å². The van der Waals surface area contributed by atoms with Crippen molar-refractivity contribution in [2.24, 2.45) is 11.7 Å². The van der Waals surface area contributed by atoms with Crippen LogP contribution < -0.4 is 5.73 Å². The van der Waals surface area contributed by atoms with Crippen LogP contribution in [0.4, 0.5) is 4.39 Å². The van der Waals surface area contributed by atoms with Gasteiger partial charge in [-0.25, -0.2) is 4.39 Å². The van der Waals surface area contributed by atoms with E-state index >= 15 is 0 Å². The van der Waals surface area contributed by atoms with Gasteiger partial charge in [-0.05, 0) is 55.6 Å². The van der Waals surface area contributed by atoms with Crippen molar-refractivity contribution in [3.63, 3.8) is 0 Å². The number of likely N-dealkylation sites (tertiary alicyclic amines) is 1. The highest BCUT2D eigenvalue weighted by atomic mass is 35.5. The predicted molar refractivity (Wildman–Crippen MR) is 70.8 cm³/mol. The summed E-state index contributed by atoms with van der Waals surface area (Å²) >= 11 is 0. The first-order chi connectivity index (χ1) is 7.69. The lowest BCUT2D eigenvalue weighted by Gasteiger charge is -2.17. The molecule has 0 aliphatic carbocycles. The molecule has 1 aromatic rings. The number of rotatable bonds is 3. The number of nitrogens with zero attached hydrogens (tertiary/aromatic N) is 1. The quantitative estimate of drug-likeness (QED) is 0.902. The summed E-state index contributed by atoms with van der Waals surface area (Å²) in [6.07, 6.45) is 1.19. The minimum atomic E-state index is -0.150. The molecule has 0 aromatic heterocycles. The number of hydrogen-bond donors (Lipinski definition) is 1. The fourth-order valence-electron chi connectivity index (χ4n) is 2.33. The highest BCUT2D eigenvalue weighted by Gasteiger charge is 2.21. The molecule has 0 radical (unpaired) electrons. The molecule has 1 aromatic carbocycles. The second-order valence-corrected chi connectivity index (χ2v) is 4.70. The van der Waals surface area contributed by atoms with Crippen molar-refractivity contribution < 1.29 is 4.39 Å². The summed E-state index contributed by atoms with van der Waals surface area (Å²) in [7, 11) is 0. The summed E-state index contributed by atoms with van der Waals surface area (Å²) in [6, 6.07) is 5.03. The van der Waals surface area contributed by atoms with Gasteiger partial charge < -0.3 is 5.73 Å². The third-order valence-electron chi connectivity index (χ3n) is 3.40. The molecule has 2 rings (SSSR count). The lowest BCUT2D eigenvalue weighted by Crippen LogP contribution is -2.23. The molecule has 17 heavy (non-hydrogen) atoms. The molecule has 1 heterocycles. The number of hydrogen-bond acceptors (Lipinski definition) is 2. The van der Waals surface area contributed by atoms with Gasteiger partial charge in [-0.3, -0.25) is 4.90 Å². The second-order valence-electron chi connectivity index (χ2n) is 4.70. The standard InChI is InChI=1S/C13H19FN2.ClH/c1-10-6-13(14)3-2-12(10)9-16-5-4-11(7-15)8-16;/h2-3,6,11H,4-5,7-9,15H2,1H3;1H. The van der Waals surface area contributed by atoms with E-state index in [-0.39, 0.29) is 18.2 Å². The summed E-state index contributed by atoms with van der Waals surface area (Å²) in [5.41, 5.74) is 7.92. The molecule has 1 aliphatic heterocycles. The van der Waals surface area contributed by atoms with Gasteiger partial charge in [0, 0.05) is 13.1 Å². The normalized spacial score (nSPS) is 20.3. The van der Waals surface area contributed by atoms with E-state index in [2.05, 4.69) is 4.90 Å². The zero-order valence-electron chi connectivity index (χ0n) is 10.2. The topological polar surface area (TPSA) is 29.3 Å². The molecule has 0 bridgehead atoms. The second kappa shape index (κ2) is 6.34. The van der Waals surface area contributed by atoms with E-state index in [9.17, 15) is 4.39 Å². The van der Waals surface area contributed by atoms with E-state index in [1.54, 1.807) is 12.1 Å². The Morgan fingerprint density at radius 1 is 1.47 bits per heavy atom. The maximum atomic E-state index is 12.9. The summed E-state index contributed by atoms with van der Waals surface area (Å²) in [5, 5.41) is 0. The van der Waals surface area contributed by atoms with Crippen molar-refractivity contribution in [2.45, 2.75) is 19.9 Å². The van der Waals surface area contributed by atoms with Crippen LogP contribution in [0.25, 0.3) is 0 Å². The number of halogens is 2. The van der Waals surface area contributed by atoms with Gasteiger partial charge in [0.1, 0.15) is 5.82 Å². The molecule has 1 fully saturated rings. The van der Waals surface area contributed by atoms with Crippen LogP contribution in [0, 0.1) is 18.7 Å². The molecule has 2 N–H and O–H groups in total. The molecule has 0 saturated carbocycles. The van der Waals surface area contributed by atoms with Crippen LogP contribution in [0.1, 0.15) is 17.5 Å². The molecule has 96 valence electrons. The first-order valence-corrected chi connectivity index (χ1v) is 5.86. The average Bonchev–Trinajstić information content (AvgIpc) is 2.70. The van der Waals surface area contributed by atoms with Crippen LogP contribution in [0.15, 0.2) is 18.2 Å². The minimum absolute atomic E-state index is 0. The Balaban J connectivity index is 0.00000144. The third-order valence-corrected chi connectivity index (χ3v) is 3.40. The highest BCUT2D eigenvalue weighted by molar-refractivity contribution is 5.85. The summed E-state index contributed by atoms with van der Waals surface area (Å²) < 4.78 is 12.9.